The van der Waals surface area contributed by atoms with Gasteiger partial charge >= 0.3 is 0 Å². The number of pyridine rings is 2. The van der Waals surface area contributed by atoms with Gasteiger partial charge in [-0.15, -0.1) is 0 Å². The Bertz CT molecular complexity index is 2130. The minimum Gasteiger partial charge on any atom is -0.508 e. The maximum absolute atomic E-state index is 12.7. The molecule has 0 bridgehead atoms. The van der Waals surface area contributed by atoms with Gasteiger partial charge in [0.15, 0.2) is 5.82 Å². The normalized spacial score (nSPS) is 12.3. The highest BCUT2D eigenvalue weighted by molar-refractivity contribution is 6.13. The highest BCUT2D eigenvalue weighted by Gasteiger charge is 2.23. The number of phenolic OH excluding ortho intramolecular Hbond substituents is 1. The van der Waals surface area contributed by atoms with Crippen LogP contribution in [0.3, 0.4) is 0 Å². The molecule has 3 aromatic carbocycles. The molecule has 1 amide bonds. The Morgan fingerprint density at radius 1 is 0.929 bits per heavy atom. The lowest BCUT2D eigenvalue weighted by Gasteiger charge is -2.15. The molecule has 9 heteroatoms. The summed E-state index contributed by atoms with van der Waals surface area (Å²) in [6.45, 7) is 1.85. The van der Waals surface area contributed by atoms with Crippen molar-refractivity contribution in [3.63, 3.8) is 0 Å². The molecule has 4 aromatic heterocycles. The van der Waals surface area contributed by atoms with Gasteiger partial charge in [-0.3, -0.25) is 9.78 Å². The Balaban J connectivity index is 1.51. The number of fused-ring (bicyclic) bond motifs is 4. The van der Waals surface area contributed by atoms with Crippen LogP contribution in [0.15, 0.2) is 91.5 Å². The van der Waals surface area contributed by atoms with Gasteiger partial charge in [0.2, 0.25) is 5.91 Å². The van der Waals surface area contributed by atoms with Crippen molar-refractivity contribution >= 4 is 38.6 Å². The topological polar surface area (TPSA) is 113 Å². The molecule has 0 aliphatic carbocycles. The highest BCUT2D eigenvalue weighted by Crippen LogP contribution is 2.42. The molecular formula is C33H27N7O2. The molecule has 42 heavy (non-hydrogen) atoms. The first-order valence-electron chi connectivity index (χ1n) is 13.6. The second-order valence-electron chi connectivity index (χ2n) is 10.6. The van der Waals surface area contributed by atoms with Gasteiger partial charge in [-0.05, 0) is 59.2 Å². The Morgan fingerprint density at radius 3 is 2.57 bits per heavy atom. The molecule has 7 rings (SSSR count). The number of imidazole rings is 1. The Morgan fingerprint density at radius 2 is 1.76 bits per heavy atom. The van der Waals surface area contributed by atoms with Crippen LogP contribution in [-0.2, 0) is 4.79 Å². The van der Waals surface area contributed by atoms with Crippen molar-refractivity contribution in [3.05, 3.63) is 97.3 Å². The number of carbonyl (C=O) groups excluding carboxylic acids is 1. The number of nitrogens with one attached hydrogen (secondary N) is 1. The number of H-pyrrole nitrogens is 1. The number of hydrogen-bond donors (Lipinski definition) is 2. The van der Waals surface area contributed by atoms with E-state index in [1.165, 1.54) is 0 Å². The SMILES string of the molecule is CC(C(=O)N(C)C)c1nc2c(cnc3c(-c4cnn(-c5ccccn5)c4)c(-c4cc(O)cc5ccccc45)ccc32)[nH]1. The zero-order chi connectivity index (χ0) is 29.0. The number of nitrogens with zero attached hydrogens (tertiary/aromatic N) is 6. The number of aromatic nitrogens is 6. The molecule has 2 N–H and O–H groups in total. The van der Waals surface area contributed by atoms with Gasteiger partial charge < -0.3 is 15.0 Å². The van der Waals surface area contributed by atoms with E-state index in [0.717, 1.165) is 55.0 Å². The predicted molar refractivity (Wildman–Crippen MR) is 163 cm³/mol. The number of hydrogen-bond acceptors (Lipinski definition) is 6. The molecule has 7 aromatic rings. The molecule has 1 atom stereocenters. The lowest BCUT2D eigenvalue weighted by molar-refractivity contribution is -0.130. The quantitative estimate of drug-likeness (QED) is 0.267. The number of carbonyl (C=O) groups is 1. The van der Waals surface area contributed by atoms with Crippen LogP contribution in [0.5, 0.6) is 5.75 Å². The number of rotatable bonds is 5. The van der Waals surface area contributed by atoms with E-state index >= 15 is 0 Å². The molecule has 0 fully saturated rings. The van der Waals surface area contributed by atoms with Crippen molar-refractivity contribution in [1.29, 1.82) is 0 Å². The van der Waals surface area contributed by atoms with Crippen LogP contribution < -0.4 is 0 Å². The summed E-state index contributed by atoms with van der Waals surface area (Å²) in [5, 5.41) is 18.1. The smallest absolute Gasteiger partial charge is 0.232 e. The molecule has 206 valence electrons. The van der Waals surface area contributed by atoms with E-state index in [4.69, 9.17) is 9.97 Å². The largest absolute Gasteiger partial charge is 0.508 e. The van der Waals surface area contributed by atoms with Gasteiger partial charge in [0.25, 0.3) is 0 Å². The summed E-state index contributed by atoms with van der Waals surface area (Å²) in [7, 11) is 3.48. The summed E-state index contributed by atoms with van der Waals surface area (Å²) < 4.78 is 1.73. The van der Waals surface area contributed by atoms with E-state index in [1.54, 1.807) is 54.4 Å². The first-order chi connectivity index (χ1) is 20.4. The zero-order valence-corrected chi connectivity index (χ0v) is 23.3. The average Bonchev–Trinajstić information content (AvgIpc) is 3.68. The minimum atomic E-state index is -0.434. The van der Waals surface area contributed by atoms with E-state index in [0.29, 0.717) is 11.6 Å². The van der Waals surface area contributed by atoms with E-state index in [-0.39, 0.29) is 11.7 Å². The zero-order valence-electron chi connectivity index (χ0n) is 23.3. The summed E-state index contributed by atoms with van der Waals surface area (Å²) in [6, 6.07) is 21.3. The van der Waals surface area contributed by atoms with Crippen LogP contribution in [0, 0.1) is 0 Å². The highest BCUT2D eigenvalue weighted by atomic mass is 16.3. The number of amides is 1. The number of benzene rings is 3. The third-order valence-corrected chi connectivity index (χ3v) is 7.62. The Hall–Kier alpha value is -5.57. The van der Waals surface area contributed by atoms with Crippen LogP contribution in [-0.4, -0.2) is 59.7 Å². The van der Waals surface area contributed by atoms with Crippen molar-refractivity contribution in [3.8, 4) is 33.8 Å². The molecule has 1 unspecified atom stereocenters. The predicted octanol–water partition coefficient (Wildman–Crippen LogP) is 6.08. The van der Waals surface area contributed by atoms with Crippen LogP contribution >= 0.6 is 0 Å². The van der Waals surface area contributed by atoms with Crippen molar-refractivity contribution < 1.29 is 9.90 Å². The van der Waals surface area contributed by atoms with Crippen molar-refractivity contribution in [2.45, 2.75) is 12.8 Å². The molecule has 4 heterocycles. The van der Waals surface area contributed by atoms with Gasteiger partial charge in [0.1, 0.15) is 11.6 Å². The van der Waals surface area contributed by atoms with Crippen molar-refractivity contribution in [2.24, 2.45) is 0 Å². The fourth-order valence-corrected chi connectivity index (χ4v) is 5.56. The lowest BCUT2D eigenvalue weighted by Crippen LogP contribution is -2.27. The summed E-state index contributed by atoms with van der Waals surface area (Å²) in [5.41, 5.74) is 5.69. The number of aromatic amines is 1. The maximum atomic E-state index is 12.7. The van der Waals surface area contributed by atoms with E-state index in [9.17, 15) is 9.90 Å². The number of phenols is 1. The van der Waals surface area contributed by atoms with Crippen LogP contribution in [0.25, 0.3) is 60.8 Å². The molecule has 0 aliphatic heterocycles. The van der Waals surface area contributed by atoms with Crippen LogP contribution in [0.2, 0.25) is 0 Å². The van der Waals surface area contributed by atoms with E-state index in [1.807, 2.05) is 61.7 Å². The van der Waals surface area contributed by atoms with Crippen LogP contribution in [0.4, 0.5) is 0 Å². The molecule has 0 spiro atoms. The number of likely N-dealkylation sites (N-methyl/N-ethyl adjacent to an activating group) is 1. The first kappa shape index (κ1) is 25.4. The molecule has 0 radical (unpaired) electrons. The van der Waals surface area contributed by atoms with Crippen molar-refractivity contribution in [2.75, 3.05) is 14.1 Å². The standard InChI is InChI=1S/C33H27N7O2/c1-19(33(42)39(2)3)32-37-27-17-35-31-25(30(27)38-32)12-11-24(26-15-22(41)14-20-8-4-5-9-23(20)26)29(31)21-16-36-40(18-21)28-10-6-7-13-34-28/h4-19,41H,1-3H3,(H,37,38). The molecular weight excluding hydrogens is 526 g/mol. The molecule has 0 aliphatic rings. The Labute approximate surface area is 241 Å². The summed E-state index contributed by atoms with van der Waals surface area (Å²) in [5.74, 6) is 0.994. The maximum Gasteiger partial charge on any atom is 0.232 e. The van der Waals surface area contributed by atoms with Gasteiger partial charge in [0, 0.05) is 43.0 Å². The van der Waals surface area contributed by atoms with E-state index < -0.39 is 5.92 Å². The van der Waals surface area contributed by atoms with Crippen molar-refractivity contribution in [1.82, 2.24) is 34.6 Å². The van der Waals surface area contributed by atoms with Gasteiger partial charge in [-0.25, -0.2) is 14.6 Å². The van der Waals surface area contributed by atoms with Gasteiger partial charge in [-0.2, -0.15) is 5.10 Å². The van der Waals surface area contributed by atoms with E-state index in [2.05, 4.69) is 21.1 Å². The molecule has 0 saturated heterocycles. The lowest BCUT2D eigenvalue weighted by atomic mass is 9.90. The summed E-state index contributed by atoms with van der Waals surface area (Å²) >= 11 is 0. The summed E-state index contributed by atoms with van der Waals surface area (Å²) in [4.78, 5) is 31.8. The average molecular weight is 554 g/mol. The van der Waals surface area contributed by atoms with Gasteiger partial charge in [0.05, 0.1) is 34.9 Å². The second kappa shape index (κ2) is 9.81. The fourth-order valence-electron chi connectivity index (χ4n) is 5.56. The number of aromatic hydroxyl groups is 1. The Kier molecular flexibility index (Phi) is 5.93. The van der Waals surface area contributed by atoms with Gasteiger partial charge in [-0.1, -0.05) is 36.4 Å². The third kappa shape index (κ3) is 4.14. The third-order valence-electron chi connectivity index (χ3n) is 7.62. The monoisotopic (exact) mass is 553 g/mol. The minimum absolute atomic E-state index is 0.0352. The molecule has 0 saturated carbocycles. The first-order valence-corrected chi connectivity index (χ1v) is 13.6. The summed E-state index contributed by atoms with van der Waals surface area (Å²) in [6.07, 6.45) is 7.23. The molecule has 9 nitrogen and oxygen atoms in total. The second-order valence-corrected chi connectivity index (χ2v) is 10.6. The fraction of sp³-hybridized carbons (Fsp3) is 0.121. The van der Waals surface area contributed by atoms with Crippen LogP contribution in [0.1, 0.15) is 18.7 Å².